The Balaban J connectivity index is 1.88. The summed E-state index contributed by atoms with van der Waals surface area (Å²) < 4.78 is 15.7. The molecular weight excluding hydrogens is 453 g/mol. The van der Waals surface area contributed by atoms with Crippen molar-refractivity contribution in [2.24, 2.45) is 5.73 Å². The summed E-state index contributed by atoms with van der Waals surface area (Å²) in [6.45, 7) is 2.05. The number of halogens is 2. The monoisotopic (exact) mass is 471 g/mol. The molecule has 9 heteroatoms. The Morgan fingerprint density at radius 3 is 2.77 bits per heavy atom. The highest BCUT2D eigenvalue weighted by Crippen LogP contribution is 2.39. The first-order valence-electron chi connectivity index (χ1n) is 9.35. The summed E-state index contributed by atoms with van der Waals surface area (Å²) >= 11 is 3.18. The van der Waals surface area contributed by atoms with E-state index in [2.05, 4.69) is 31.7 Å². The van der Waals surface area contributed by atoms with E-state index in [1.807, 2.05) is 24.3 Å². The number of fused-ring (bicyclic) bond motifs is 1. The Bertz CT molecular complexity index is 1160. The highest BCUT2D eigenvalue weighted by molar-refractivity contribution is 9.10. The SMILES string of the molecule is CC(=O)Nc1ccccc1C1CCNc2c(C(N)=O)c(-c3ccc(F)c(Br)c3)nn21. The second kappa shape index (κ2) is 7.91. The Kier molecular flexibility index (Phi) is 5.29. The van der Waals surface area contributed by atoms with Gasteiger partial charge in [-0.3, -0.25) is 9.59 Å². The van der Waals surface area contributed by atoms with Crippen LogP contribution in [-0.4, -0.2) is 28.1 Å². The van der Waals surface area contributed by atoms with Crippen LogP contribution in [0.4, 0.5) is 15.9 Å². The summed E-state index contributed by atoms with van der Waals surface area (Å²) in [6, 6.07) is 11.7. The first-order valence-corrected chi connectivity index (χ1v) is 10.1. The summed E-state index contributed by atoms with van der Waals surface area (Å²) in [5, 5.41) is 10.8. The van der Waals surface area contributed by atoms with Crippen LogP contribution in [0.5, 0.6) is 0 Å². The van der Waals surface area contributed by atoms with Gasteiger partial charge in [-0.25, -0.2) is 9.07 Å². The number of nitrogens with zero attached hydrogens (tertiary/aromatic N) is 2. The van der Waals surface area contributed by atoms with Crippen molar-refractivity contribution in [1.82, 2.24) is 9.78 Å². The number of carbonyl (C=O) groups is 2. The number of nitrogens with one attached hydrogen (secondary N) is 2. The zero-order chi connectivity index (χ0) is 21.4. The van der Waals surface area contributed by atoms with Crippen LogP contribution in [0.15, 0.2) is 46.9 Å². The number of aromatic nitrogens is 2. The van der Waals surface area contributed by atoms with E-state index in [4.69, 9.17) is 5.73 Å². The normalized spacial score (nSPS) is 15.2. The van der Waals surface area contributed by atoms with Crippen molar-refractivity contribution < 1.29 is 14.0 Å². The number of hydrogen-bond donors (Lipinski definition) is 3. The lowest BCUT2D eigenvalue weighted by Crippen LogP contribution is -2.27. The maximum absolute atomic E-state index is 13.7. The van der Waals surface area contributed by atoms with Crippen LogP contribution in [0.2, 0.25) is 0 Å². The van der Waals surface area contributed by atoms with Gasteiger partial charge in [0.15, 0.2) is 0 Å². The van der Waals surface area contributed by atoms with Crippen molar-refractivity contribution >= 4 is 39.2 Å². The maximum Gasteiger partial charge on any atom is 0.254 e. The Labute approximate surface area is 180 Å². The second-order valence-electron chi connectivity index (χ2n) is 7.01. The molecule has 2 aromatic carbocycles. The van der Waals surface area contributed by atoms with Gasteiger partial charge in [-0.2, -0.15) is 5.10 Å². The summed E-state index contributed by atoms with van der Waals surface area (Å²) in [4.78, 5) is 24.0. The number of carbonyl (C=O) groups excluding carboxylic acids is 2. The van der Waals surface area contributed by atoms with Gasteiger partial charge >= 0.3 is 0 Å². The van der Waals surface area contributed by atoms with Crippen LogP contribution in [0.1, 0.15) is 35.3 Å². The van der Waals surface area contributed by atoms with Gasteiger partial charge in [-0.15, -0.1) is 0 Å². The van der Waals surface area contributed by atoms with Gasteiger partial charge in [0.2, 0.25) is 5.91 Å². The van der Waals surface area contributed by atoms with E-state index in [-0.39, 0.29) is 22.0 Å². The second-order valence-corrected chi connectivity index (χ2v) is 7.86. The molecule has 4 N–H and O–H groups in total. The lowest BCUT2D eigenvalue weighted by molar-refractivity contribution is -0.114. The quantitative estimate of drug-likeness (QED) is 0.536. The molecule has 0 radical (unpaired) electrons. The molecule has 1 atom stereocenters. The van der Waals surface area contributed by atoms with Crippen molar-refractivity contribution in [3.63, 3.8) is 0 Å². The molecule has 0 spiro atoms. The molecule has 0 fully saturated rings. The molecule has 30 heavy (non-hydrogen) atoms. The van der Waals surface area contributed by atoms with Crippen molar-refractivity contribution in [1.29, 1.82) is 0 Å². The van der Waals surface area contributed by atoms with Crippen molar-refractivity contribution in [3.8, 4) is 11.3 Å². The molecule has 1 aromatic heterocycles. The third kappa shape index (κ3) is 3.56. The number of primary amides is 1. The number of rotatable bonds is 4. The predicted octanol–water partition coefficient (Wildman–Crippen LogP) is 3.91. The zero-order valence-corrected chi connectivity index (χ0v) is 17.7. The van der Waals surface area contributed by atoms with Crippen molar-refractivity contribution in [2.45, 2.75) is 19.4 Å². The number of benzene rings is 2. The largest absolute Gasteiger partial charge is 0.369 e. The summed E-state index contributed by atoms with van der Waals surface area (Å²) in [5.74, 6) is -0.711. The van der Waals surface area contributed by atoms with E-state index in [1.54, 1.807) is 16.8 Å². The Morgan fingerprint density at radius 1 is 1.30 bits per heavy atom. The lowest BCUT2D eigenvalue weighted by Gasteiger charge is -2.28. The first kappa shape index (κ1) is 20.1. The van der Waals surface area contributed by atoms with E-state index >= 15 is 0 Å². The number of amides is 2. The van der Waals surface area contributed by atoms with Gasteiger partial charge in [0.05, 0.1) is 10.5 Å². The van der Waals surface area contributed by atoms with Gasteiger partial charge in [-0.05, 0) is 46.6 Å². The van der Waals surface area contributed by atoms with E-state index in [0.29, 0.717) is 35.7 Å². The molecule has 0 saturated carbocycles. The van der Waals surface area contributed by atoms with Gasteiger partial charge in [-0.1, -0.05) is 18.2 Å². The van der Waals surface area contributed by atoms with E-state index in [9.17, 15) is 14.0 Å². The van der Waals surface area contributed by atoms with E-state index < -0.39 is 11.7 Å². The first-order chi connectivity index (χ1) is 14.4. The highest BCUT2D eigenvalue weighted by atomic mass is 79.9. The van der Waals surface area contributed by atoms with Crippen LogP contribution in [0, 0.1) is 5.82 Å². The molecule has 2 amide bonds. The molecule has 154 valence electrons. The maximum atomic E-state index is 13.7. The molecule has 0 aliphatic carbocycles. The summed E-state index contributed by atoms with van der Waals surface area (Å²) in [6.07, 6.45) is 0.691. The third-order valence-electron chi connectivity index (χ3n) is 4.99. The summed E-state index contributed by atoms with van der Waals surface area (Å²) in [7, 11) is 0. The number of nitrogens with two attached hydrogens (primary N) is 1. The van der Waals surface area contributed by atoms with Gasteiger partial charge in [0, 0.05) is 30.3 Å². The molecule has 1 aliphatic rings. The van der Waals surface area contributed by atoms with Crippen LogP contribution in [0.25, 0.3) is 11.3 Å². The highest BCUT2D eigenvalue weighted by Gasteiger charge is 2.31. The minimum atomic E-state index is -0.630. The molecular formula is C21H19BrFN5O2. The fraction of sp³-hybridized carbons (Fsp3) is 0.190. The van der Waals surface area contributed by atoms with Crippen LogP contribution >= 0.6 is 15.9 Å². The lowest BCUT2D eigenvalue weighted by atomic mass is 9.99. The predicted molar refractivity (Wildman–Crippen MR) is 116 cm³/mol. The Hall–Kier alpha value is -3.20. The van der Waals surface area contributed by atoms with Gasteiger partial charge in [0.25, 0.3) is 5.91 Å². The third-order valence-corrected chi connectivity index (χ3v) is 5.59. The topological polar surface area (TPSA) is 102 Å². The molecule has 1 aliphatic heterocycles. The zero-order valence-electron chi connectivity index (χ0n) is 16.1. The van der Waals surface area contributed by atoms with Gasteiger partial charge < -0.3 is 16.4 Å². The molecule has 4 rings (SSSR count). The molecule has 2 heterocycles. The smallest absolute Gasteiger partial charge is 0.254 e. The van der Waals surface area contributed by atoms with Crippen LogP contribution in [-0.2, 0) is 4.79 Å². The van der Waals surface area contributed by atoms with E-state index in [1.165, 1.54) is 13.0 Å². The molecule has 7 nitrogen and oxygen atoms in total. The van der Waals surface area contributed by atoms with Crippen LogP contribution < -0.4 is 16.4 Å². The molecule has 0 saturated heterocycles. The summed E-state index contributed by atoms with van der Waals surface area (Å²) in [5.41, 5.74) is 8.43. The fourth-order valence-corrected chi connectivity index (χ4v) is 4.11. The number of hydrogen-bond acceptors (Lipinski definition) is 4. The number of para-hydroxylation sites is 1. The van der Waals surface area contributed by atoms with Crippen molar-refractivity contribution in [2.75, 3.05) is 17.2 Å². The van der Waals surface area contributed by atoms with Crippen molar-refractivity contribution in [3.05, 3.63) is 63.9 Å². The van der Waals surface area contributed by atoms with E-state index in [0.717, 1.165) is 5.56 Å². The fourth-order valence-electron chi connectivity index (χ4n) is 3.74. The Morgan fingerprint density at radius 2 is 2.07 bits per heavy atom. The molecule has 0 bridgehead atoms. The average molecular weight is 472 g/mol. The minimum absolute atomic E-state index is 0.174. The minimum Gasteiger partial charge on any atom is -0.369 e. The molecule has 3 aromatic rings. The standard InChI is InChI=1S/C21H19BrFN5O2/c1-11(29)26-16-5-3-2-4-13(16)17-8-9-25-21-18(20(24)30)19(27-28(17)21)12-6-7-15(23)14(22)10-12/h2-7,10,17,25H,8-9H2,1H3,(H2,24,30)(H,26,29). The average Bonchev–Trinajstić information content (AvgIpc) is 3.10. The number of anilines is 2. The molecule has 1 unspecified atom stereocenters. The van der Waals surface area contributed by atoms with Crippen LogP contribution in [0.3, 0.4) is 0 Å². The van der Waals surface area contributed by atoms with Gasteiger partial charge in [0.1, 0.15) is 22.9 Å².